The second-order valence-electron chi connectivity index (χ2n) is 3.13. The Morgan fingerprint density at radius 3 is 2.77 bits per heavy atom. The summed E-state index contributed by atoms with van der Waals surface area (Å²) < 4.78 is 1.10. The third-order valence-electron chi connectivity index (χ3n) is 2.23. The van der Waals surface area contributed by atoms with Gasteiger partial charge in [-0.2, -0.15) is 0 Å². The van der Waals surface area contributed by atoms with Crippen LogP contribution in [0, 0.1) is 6.92 Å². The Morgan fingerprint density at radius 2 is 2.23 bits per heavy atom. The van der Waals surface area contributed by atoms with Crippen molar-refractivity contribution in [1.82, 2.24) is 5.43 Å². The van der Waals surface area contributed by atoms with E-state index in [0.29, 0.717) is 0 Å². The molecule has 0 aliphatic rings. The summed E-state index contributed by atoms with van der Waals surface area (Å²) >= 11 is 3.45. The van der Waals surface area contributed by atoms with E-state index in [2.05, 4.69) is 47.3 Å². The van der Waals surface area contributed by atoms with E-state index in [0.717, 1.165) is 10.9 Å². The molecule has 0 amide bonds. The van der Waals surface area contributed by atoms with E-state index >= 15 is 0 Å². The molecular weight excluding hydrogens is 228 g/mol. The molecule has 1 unspecified atom stereocenters. The van der Waals surface area contributed by atoms with Crippen molar-refractivity contribution in [1.29, 1.82) is 0 Å². The average molecular weight is 243 g/mol. The van der Waals surface area contributed by atoms with Crippen LogP contribution in [-0.4, -0.2) is 0 Å². The van der Waals surface area contributed by atoms with Crippen molar-refractivity contribution in [2.24, 2.45) is 5.84 Å². The van der Waals surface area contributed by atoms with Gasteiger partial charge in [0.1, 0.15) is 0 Å². The number of halogens is 1. The first-order valence-electron chi connectivity index (χ1n) is 4.41. The highest BCUT2D eigenvalue weighted by atomic mass is 79.9. The summed E-state index contributed by atoms with van der Waals surface area (Å²) in [7, 11) is 0. The molecule has 0 aliphatic carbocycles. The Balaban J connectivity index is 3.03. The SMILES string of the molecule is CCC(NN)c1cc(Br)ccc1C. The van der Waals surface area contributed by atoms with Gasteiger partial charge in [0.25, 0.3) is 0 Å². The molecule has 72 valence electrons. The fourth-order valence-electron chi connectivity index (χ4n) is 1.41. The highest BCUT2D eigenvalue weighted by Crippen LogP contribution is 2.23. The molecule has 0 saturated heterocycles. The van der Waals surface area contributed by atoms with Crippen LogP contribution in [0.3, 0.4) is 0 Å². The summed E-state index contributed by atoms with van der Waals surface area (Å²) in [5, 5.41) is 0. The summed E-state index contributed by atoms with van der Waals surface area (Å²) in [6.07, 6.45) is 0.994. The fourth-order valence-corrected chi connectivity index (χ4v) is 1.79. The zero-order valence-electron chi connectivity index (χ0n) is 7.97. The molecule has 13 heavy (non-hydrogen) atoms. The lowest BCUT2D eigenvalue weighted by Gasteiger charge is -2.16. The molecule has 1 aromatic carbocycles. The summed E-state index contributed by atoms with van der Waals surface area (Å²) in [4.78, 5) is 0. The first-order chi connectivity index (χ1) is 6.19. The number of rotatable bonds is 3. The van der Waals surface area contributed by atoms with Crippen molar-refractivity contribution in [2.75, 3.05) is 0 Å². The van der Waals surface area contributed by atoms with Gasteiger partial charge in [-0.1, -0.05) is 28.9 Å². The summed E-state index contributed by atoms with van der Waals surface area (Å²) in [5.41, 5.74) is 5.35. The second-order valence-corrected chi connectivity index (χ2v) is 4.04. The Kier molecular flexibility index (Phi) is 3.90. The predicted octanol–water partition coefficient (Wildman–Crippen LogP) is 2.67. The van der Waals surface area contributed by atoms with E-state index in [1.165, 1.54) is 11.1 Å². The molecule has 0 spiro atoms. The quantitative estimate of drug-likeness (QED) is 0.632. The lowest BCUT2D eigenvalue weighted by atomic mass is 10.0. The summed E-state index contributed by atoms with van der Waals surface area (Å²) in [5.74, 6) is 5.47. The standard InChI is InChI=1S/C10H15BrN2/c1-3-10(13-12)9-6-8(11)5-4-7(9)2/h4-6,10,13H,3,12H2,1-2H3. The van der Waals surface area contributed by atoms with Gasteiger partial charge in [-0.15, -0.1) is 0 Å². The molecule has 0 fully saturated rings. The summed E-state index contributed by atoms with van der Waals surface area (Å²) in [6, 6.07) is 6.50. The van der Waals surface area contributed by atoms with Crippen molar-refractivity contribution in [3.05, 3.63) is 33.8 Å². The van der Waals surface area contributed by atoms with Gasteiger partial charge >= 0.3 is 0 Å². The van der Waals surface area contributed by atoms with E-state index in [4.69, 9.17) is 5.84 Å². The molecule has 0 radical (unpaired) electrons. The van der Waals surface area contributed by atoms with Gasteiger partial charge in [-0.25, -0.2) is 0 Å². The monoisotopic (exact) mass is 242 g/mol. The molecule has 0 saturated carbocycles. The summed E-state index contributed by atoms with van der Waals surface area (Å²) in [6.45, 7) is 4.21. The number of hydrogen-bond acceptors (Lipinski definition) is 2. The first-order valence-corrected chi connectivity index (χ1v) is 5.20. The third kappa shape index (κ3) is 2.53. The van der Waals surface area contributed by atoms with Gasteiger partial charge in [0.15, 0.2) is 0 Å². The molecule has 0 bridgehead atoms. The number of hydrazine groups is 1. The van der Waals surface area contributed by atoms with Crippen LogP contribution in [0.2, 0.25) is 0 Å². The number of hydrogen-bond donors (Lipinski definition) is 2. The van der Waals surface area contributed by atoms with Gasteiger partial charge in [-0.3, -0.25) is 11.3 Å². The van der Waals surface area contributed by atoms with Crippen LogP contribution >= 0.6 is 15.9 Å². The Morgan fingerprint density at radius 1 is 1.54 bits per heavy atom. The topological polar surface area (TPSA) is 38.0 Å². The minimum Gasteiger partial charge on any atom is -0.271 e. The van der Waals surface area contributed by atoms with Crippen LogP contribution < -0.4 is 11.3 Å². The average Bonchev–Trinajstić information content (AvgIpc) is 2.13. The van der Waals surface area contributed by atoms with Crippen molar-refractivity contribution in [3.63, 3.8) is 0 Å². The van der Waals surface area contributed by atoms with Gasteiger partial charge in [0.05, 0.1) is 0 Å². The minimum atomic E-state index is 0.248. The van der Waals surface area contributed by atoms with Crippen LogP contribution in [0.1, 0.15) is 30.5 Å². The Hall–Kier alpha value is -0.380. The molecule has 2 nitrogen and oxygen atoms in total. The maximum atomic E-state index is 5.47. The van der Waals surface area contributed by atoms with Crippen molar-refractivity contribution in [3.8, 4) is 0 Å². The fraction of sp³-hybridized carbons (Fsp3) is 0.400. The van der Waals surface area contributed by atoms with Crippen LogP contribution in [0.25, 0.3) is 0 Å². The Labute approximate surface area is 87.6 Å². The van der Waals surface area contributed by atoms with Gasteiger partial charge < -0.3 is 0 Å². The number of benzene rings is 1. The zero-order valence-corrected chi connectivity index (χ0v) is 9.56. The zero-order chi connectivity index (χ0) is 9.84. The maximum Gasteiger partial charge on any atom is 0.0460 e. The maximum absolute atomic E-state index is 5.47. The number of aryl methyl sites for hydroxylation is 1. The van der Waals surface area contributed by atoms with Crippen LogP contribution in [0.15, 0.2) is 22.7 Å². The van der Waals surface area contributed by atoms with Crippen molar-refractivity contribution >= 4 is 15.9 Å². The minimum absolute atomic E-state index is 0.248. The molecular formula is C10H15BrN2. The Bertz CT molecular complexity index is 282. The van der Waals surface area contributed by atoms with E-state index in [9.17, 15) is 0 Å². The first kappa shape index (κ1) is 10.7. The van der Waals surface area contributed by atoms with E-state index < -0.39 is 0 Å². The third-order valence-corrected chi connectivity index (χ3v) is 2.72. The lowest BCUT2D eigenvalue weighted by molar-refractivity contribution is 0.536. The van der Waals surface area contributed by atoms with Crippen LogP contribution in [-0.2, 0) is 0 Å². The smallest absolute Gasteiger partial charge is 0.0460 e. The van der Waals surface area contributed by atoms with Gasteiger partial charge in [0, 0.05) is 10.5 Å². The lowest BCUT2D eigenvalue weighted by Crippen LogP contribution is -2.27. The highest BCUT2D eigenvalue weighted by Gasteiger charge is 2.09. The second kappa shape index (κ2) is 4.74. The molecule has 0 aromatic heterocycles. The van der Waals surface area contributed by atoms with Crippen LogP contribution in [0.4, 0.5) is 0 Å². The van der Waals surface area contributed by atoms with E-state index in [-0.39, 0.29) is 6.04 Å². The molecule has 1 aromatic rings. The van der Waals surface area contributed by atoms with Gasteiger partial charge in [-0.05, 0) is 36.6 Å². The molecule has 3 heteroatoms. The largest absolute Gasteiger partial charge is 0.271 e. The van der Waals surface area contributed by atoms with Crippen molar-refractivity contribution in [2.45, 2.75) is 26.3 Å². The normalized spacial score (nSPS) is 12.9. The molecule has 1 atom stereocenters. The predicted molar refractivity (Wildman–Crippen MR) is 59.2 cm³/mol. The molecule has 0 heterocycles. The van der Waals surface area contributed by atoms with Gasteiger partial charge in [0.2, 0.25) is 0 Å². The van der Waals surface area contributed by atoms with Crippen molar-refractivity contribution < 1.29 is 0 Å². The number of nitrogens with one attached hydrogen (secondary N) is 1. The molecule has 1 rings (SSSR count). The van der Waals surface area contributed by atoms with E-state index in [1.807, 2.05) is 6.07 Å². The van der Waals surface area contributed by atoms with Crippen LogP contribution in [0.5, 0.6) is 0 Å². The molecule has 3 N–H and O–H groups in total. The highest BCUT2D eigenvalue weighted by molar-refractivity contribution is 9.10. The van der Waals surface area contributed by atoms with E-state index in [1.54, 1.807) is 0 Å². The number of nitrogens with two attached hydrogens (primary N) is 1. The molecule has 0 aliphatic heterocycles.